The van der Waals surface area contributed by atoms with E-state index in [-0.39, 0.29) is 11.8 Å². The zero-order valence-electron chi connectivity index (χ0n) is 18.5. The van der Waals surface area contributed by atoms with Crippen molar-refractivity contribution in [3.8, 4) is 5.75 Å². The first-order chi connectivity index (χ1) is 15.5. The predicted molar refractivity (Wildman–Crippen MR) is 119 cm³/mol. The molecule has 4 heterocycles. The van der Waals surface area contributed by atoms with Gasteiger partial charge in [0.2, 0.25) is 0 Å². The molecule has 0 amide bonds. The Morgan fingerprint density at radius 1 is 1.19 bits per heavy atom. The number of benzene rings is 1. The molecule has 1 aliphatic rings. The van der Waals surface area contributed by atoms with Gasteiger partial charge < -0.3 is 9.47 Å². The van der Waals surface area contributed by atoms with Gasteiger partial charge in [0.05, 0.1) is 31.8 Å². The van der Waals surface area contributed by atoms with Crippen molar-refractivity contribution in [2.75, 3.05) is 20.3 Å². The highest BCUT2D eigenvalue weighted by atomic mass is 16.5. The average Bonchev–Trinajstić information content (AvgIpc) is 3.30. The molecule has 4 aromatic rings. The molecule has 1 N–H and O–H groups in total. The van der Waals surface area contributed by atoms with Crippen LogP contribution >= 0.6 is 0 Å². The van der Waals surface area contributed by atoms with Gasteiger partial charge in [-0.05, 0) is 47.7 Å². The molecule has 1 aliphatic heterocycles. The molecule has 0 bridgehead atoms. The number of ether oxygens (including phenoxy) is 2. The number of methoxy groups -OCH3 is 1. The number of H-pyrrole nitrogens is 1. The zero-order chi connectivity index (χ0) is 22.2. The van der Waals surface area contributed by atoms with E-state index in [0.717, 1.165) is 42.0 Å². The summed E-state index contributed by atoms with van der Waals surface area (Å²) in [7, 11) is 1.63. The van der Waals surface area contributed by atoms with Crippen molar-refractivity contribution in [2.45, 2.75) is 39.1 Å². The van der Waals surface area contributed by atoms with Crippen molar-refractivity contribution in [2.24, 2.45) is 0 Å². The molecular weight excluding hydrogens is 408 g/mol. The molecule has 0 saturated carbocycles. The Balaban J connectivity index is 1.56. The van der Waals surface area contributed by atoms with Gasteiger partial charge in [-0.25, -0.2) is 14.8 Å². The van der Waals surface area contributed by atoms with Crippen molar-refractivity contribution in [1.29, 1.82) is 0 Å². The van der Waals surface area contributed by atoms with Crippen LogP contribution in [0.15, 0.2) is 47.7 Å². The maximum absolute atomic E-state index is 13.2. The molecule has 0 radical (unpaired) electrons. The number of pyridine rings is 1. The Kier molecular flexibility index (Phi) is 5.36. The SMILES string of the molecule is COc1ccc(Cn2c(=O)n3nc[nH+]c3c3cc(CN4CC(C)OCC4C)cnc32)cc1. The number of rotatable bonds is 5. The molecule has 0 spiro atoms. The second kappa shape index (κ2) is 8.33. The Hall–Kier alpha value is -3.30. The third kappa shape index (κ3) is 3.74. The van der Waals surface area contributed by atoms with Gasteiger partial charge in [-0.15, -0.1) is 0 Å². The van der Waals surface area contributed by atoms with Crippen molar-refractivity contribution in [1.82, 2.24) is 24.1 Å². The molecule has 1 saturated heterocycles. The summed E-state index contributed by atoms with van der Waals surface area (Å²) in [6.45, 7) is 7.04. The summed E-state index contributed by atoms with van der Waals surface area (Å²) in [5, 5.41) is 5.08. The maximum atomic E-state index is 13.2. The number of aromatic nitrogens is 5. The van der Waals surface area contributed by atoms with E-state index in [4.69, 9.17) is 14.5 Å². The lowest BCUT2D eigenvalue weighted by Crippen LogP contribution is -2.46. The van der Waals surface area contributed by atoms with Crippen LogP contribution in [0, 0.1) is 0 Å². The van der Waals surface area contributed by atoms with E-state index in [1.54, 1.807) is 11.7 Å². The van der Waals surface area contributed by atoms with E-state index < -0.39 is 0 Å². The molecule has 1 fully saturated rings. The topological polar surface area (TPSA) is 88.0 Å². The average molecular weight is 436 g/mol. The number of aromatic amines is 1. The van der Waals surface area contributed by atoms with Crippen LogP contribution in [0.5, 0.6) is 5.75 Å². The van der Waals surface area contributed by atoms with Gasteiger partial charge in [-0.1, -0.05) is 12.1 Å². The molecule has 0 aliphatic carbocycles. The lowest BCUT2D eigenvalue weighted by Gasteiger charge is -2.36. The minimum absolute atomic E-state index is 0.212. The minimum Gasteiger partial charge on any atom is -0.497 e. The van der Waals surface area contributed by atoms with Crippen LogP contribution < -0.4 is 15.4 Å². The molecule has 166 valence electrons. The Morgan fingerprint density at radius 3 is 2.78 bits per heavy atom. The predicted octanol–water partition coefficient (Wildman–Crippen LogP) is 1.52. The molecule has 2 unspecified atom stereocenters. The van der Waals surface area contributed by atoms with Gasteiger partial charge in [-0.3, -0.25) is 9.47 Å². The number of fused-ring (bicyclic) bond motifs is 3. The van der Waals surface area contributed by atoms with Crippen LogP contribution in [0.2, 0.25) is 0 Å². The third-order valence-electron chi connectivity index (χ3n) is 6.05. The van der Waals surface area contributed by atoms with E-state index in [1.165, 1.54) is 10.8 Å². The van der Waals surface area contributed by atoms with Crippen LogP contribution in [0.1, 0.15) is 25.0 Å². The number of morpholine rings is 1. The summed E-state index contributed by atoms with van der Waals surface area (Å²) in [4.78, 5) is 23.4. The van der Waals surface area contributed by atoms with E-state index in [0.29, 0.717) is 23.9 Å². The highest BCUT2D eigenvalue weighted by Crippen LogP contribution is 2.20. The van der Waals surface area contributed by atoms with Gasteiger partial charge in [0.15, 0.2) is 5.65 Å². The first-order valence-electron chi connectivity index (χ1n) is 10.8. The second-order valence-electron chi connectivity index (χ2n) is 8.40. The summed E-state index contributed by atoms with van der Waals surface area (Å²) in [5.41, 5.74) is 3.10. The summed E-state index contributed by atoms with van der Waals surface area (Å²) < 4.78 is 14.1. The lowest BCUT2D eigenvalue weighted by molar-refractivity contribution is -0.345. The van der Waals surface area contributed by atoms with Crippen LogP contribution in [0.25, 0.3) is 16.7 Å². The lowest BCUT2D eigenvalue weighted by atomic mass is 10.1. The Bertz CT molecular complexity index is 1310. The van der Waals surface area contributed by atoms with Gasteiger partial charge in [0, 0.05) is 30.4 Å². The monoisotopic (exact) mass is 435 g/mol. The van der Waals surface area contributed by atoms with Crippen LogP contribution in [0.3, 0.4) is 0 Å². The first kappa shape index (κ1) is 20.6. The normalized spacial score (nSPS) is 19.6. The molecular formula is C23H27N6O3+. The molecule has 2 atom stereocenters. The van der Waals surface area contributed by atoms with E-state index in [1.807, 2.05) is 30.5 Å². The van der Waals surface area contributed by atoms with E-state index >= 15 is 0 Å². The van der Waals surface area contributed by atoms with Gasteiger partial charge in [0.1, 0.15) is 5.75 Å². The highest BCUT2D eigenvalue weighted by molar-refractivity contribution is 5.87. The summed E-state index contributed by atoms with van der Waals surface area (Å²) in [6, 6.07) is 10.1. The molecule has 9 nitrogen and oxygen atoms in total. The third-order valence-corrected chi connectivity index (χ3v) is 6.05. The number of hydrogen-bond donors (Lipinski definition) is 0. The van der Waals surface area contributed by atoms with Crippen molar-refractivity contribution < 1.29 is 14.5 Å². The fourth-order valence-electron chi connectivity index (χ4n) is 4.27. The quantitative estimate of drug-likeness (QED) is 0.472. The van der Waals surface area contributed by atoms with Crippen molar-refractivity contribution in [3.63, 3.8) is 0 Å². The van der Waals surface area contributed by atoms with Gasteiger partial charge >= 0.3 is 5.69 Å². The summed E-state index contributed by atoms with van der Waals surface area (Å²) in [6.07, 6.45) is 3.61. The fraction of sp³-hybridized carbons (Fsp3) is 0.391. The zero-order valence-corrected chi connectivity index (χ0v) is 18.5. The standard InChI is InChI=1S/C23H26N6O3/c1-15-13-32-16(2)10-27(15)11-18-8-20-21(24-9-18)28(23(30)29-22(20)25-14-26-29)12-17-4-6-19(31-3)7-5-17/h4-9,14-16H,10-13H2,1-3H3/p+1. The first-order valence-corrected chi connectivity index (χ1v) is 10.8. The smallest absolute Gasteiger partial charge is 0.425 e. The van der Waals surface area contributed by atoms with Crippen LogP contribution in [-0.4, -0.2) is 56.5 Å². The summed E-state index contributed by atoms with van der Waals surface area (Å²) in [5.74, 6) is 0.775. The molecule has 5 rings (SSSR count). The van der Waals surface area contributed by atoms with Crippen LogP contribution in [-0.2, 0) is 17.8 Å². The number of nitrogens with one attached hydrogen (secondary N) is 1. The van der Waals surface area contributed by atoms with E-state index in [9.17, 15) is 4.79 Å². The van der Waals surface area contributed by atoms with Gasteiger partial charge in [0.25, 0.3) is 12.0 Å². The maximum Gasteiger partial charge on any atom is 0.425 e. The largest absolute Gasteiger partial charge is 0.497 e. The van der Waals surface area contributed by atoms with Crippen LogP contribution in [0.4, 0.5) is 0 Å². The number of hydrogen-bond acceptors (Lipinski definition) is 6. The van der Waals surface area contributed by atoms with Gasteiger partial charge in [-0.2, -0.15) is 0 Å². The molecule has 1 aromatic carbocycles. The van der Waals surface area contributed by atoms with Crippen molar-refractivity contribution >= 4 is 16.7 Å². The second-order valence-corrected chi connectivity index (χ2v) is 8.40. The molecule has 32 heavy (non-hydrogen) atoms. The molecule has 9 heteroatoms. The Labute approximate surface area is 185 Å². The number of nitrogens with zero attached hydrogens (tertiary/aromatic N) is 5. The summed E-state index contributed by atoms with van der Waals surface area (Å²) >= 11 is 0. The van der Waals surface area contributed by atoms with Crippen molar-refractivity contribution in [3.05, 3.63) is 64.5 Å². The fourth-order valence-corrected chi connectivity index (χ4v) is 4.27. The highest BCUT2D eigenvalue weighted by Gasteiger charge is 2.25. The Morgan fingerprint density at radius 2 is 2.00 bits per heavy atom. The minimum atomic E-state index is -0.236. The molecule has 3 aromatic heterocycles. The van der Waals surface area contributed by atoms with E-state index in [2.05, 4.69) is 34.9 Å².